The molecule has 1 aliphatic carbocycles. The number of unbranched alkanes of at least 4 members (excludes halogenated alkanes) is 2. The molecule has 0 unspecified atom stereocenters. The number of carbonyl (C=O) groups excluding carboxylic acids is 1. The highest BCUT2D eigenvalue weighted by Gasteiger charge is 2.30. The number of hydrogen-bond donors (Lipinski definition) is 1. The summed E-state index contributed by atoms with van der Waals surface area (Å²) in [5.41, 5.74) is 2.81. The third kappa shape index (κ3) is 5.08. The minimum atomic E-state index is -0.0643. The number of hydrogen-bond acceptors (Lipinski definition) is 7. The summed E-state index contributed by atoms with van der Waals surface area (Å²) in [7, 11) is 0. The van der Waals surface area contributed by atoms with Crippen molar-refractivity contribution in [2.24, 2.45) is 5.92 Å². The summed E-state index contributed by atoms with van der Waals surface area (Å²) in [6, 6.07) is 0. The average Bonchev–Trinajstić information content (AvgIpc) is 3.13. The Morgan fingerprint density at radius 2 is 2.15 bits per heavy atom. The van der Waals surface area contributed by atoms with Crippen molar-refractivity contribution in [1.82, 2.24) is 15.6 Å². The molecular weight excluding hydrogens is 356 g/mol. The van der Waals surface area contributed by atoms with Crippen LogP contribution in [0.4, 0.5) is 5.82 Å². The van der Waals surface area contributed by atoms with E-state index in [0.29, 0.717) is 23.3 Å². The molecule has 1 aliphatic heterocycles. The van der Waals surface area contributed by atoms with E-state index in [9.17, 15) is 4.79 Å². The molecule has 0 bridgehead atoms. The summed E-state index contributed by atoms with van der Waals surface area (Å²) in [4.78, 5) is 25.7. The van der Waals surface area contributed by atoms with Gasteiger partial charge in [-0.15, -0.1) is 0 Å². The van der Waals surface area contributed by atoms with Crippen molar-refractivity contribution in [2.75, 3.05) is 5.01 Å². The standard InChI is InChI=1S/C18H25ClN4O3/c1-2-3-4-5-18(24)25-14-8-6-13(7-9-14)15-12-23(22-26-15)17-11-20-10-16(19)21-17/h10-14,22H,2-9H2,1H3. The molecule has 1 aromatic heterocycles. The number of hydrazine groups is 1. The third-order valence-electron chi connectivity index (χ3n) is 4.72. The summed E-state index contributed by atoms with van der Waals surface area (Å²) in [5, 5.41) is 1.99. The maximum absolute atomic E-state index is 11.9. The van der Waals surface area contributed by atoms with E-state index in [1.165, 1.54) is 6.20 Å². The molecule has 0 spiro atoms. The lowest BCUT2D eigenvalue weighted by atomic mass is 9.86. The highest BCUT2D eigenvalue weighted by atomic mass is 35.5. The summed E-state index contributed by atoms with van der Waals surface area (Å²) >= 11 is 5.87. The van der Waals surface area contributed by atoms with Crippen molar-refractivity contribution < 1.29 is 14.4 Å². The first kappa shape index (κ1) is 18.9. The van der Waals surface area contributed by atoms with Gasteiger partial charge in [-0.3, -0.25) is 9.78 Å². The van der Waals surface area contributed by atoms with Crippen LogP contribution in [0.25, 0.3) is 0 Å². The zero-order valence-corrected chi connectivity index (χ0v) is 15.7. The van der Waals surface area contributed by atoms with Crippen molar-refractivity contribution >= 4 is 23.4 Å². The molecule has 26 heavy (non-hydrogen) atoms. The summed E-state index contributed by atoms with van der Waals surface area (Å²) in [6.07, 6.45) is 12.2. The van der Waals surface area contributed by atoms with Crippen LogP contribution in [0.2, 0.25) is 5.15 Å². The molecular formula is C18H25ClN4O3. The molecule has 2 heterocycles. The number of ether oxygens (including phenoxy) is 1. The Bertz CT molecular complexity index is 647. The Kier molecular flexibility index (Phi) is 6.68. The zero-order chi connectivity index (χ0) is 18.4. The Morgan fingerprint density at radius 1 is 1.35 bits per heavy atom. The molecule has 1 N–H and O–H groups in total. The van der Waals surface area contributed by atoms with E-state index in [1.54, 1.807) is 11.2 Å². The molecule has 142 valence electrons. The van der Waals surface area contributed by atoms with Crippen molar-refractivity contribution in [3.8, 4) is 0 Å². The predicted octanol–water partition coefficient (Wildman–Crippen LogP) is 3.91. The van der Waals surface area contributed by atoms with Gasteiger partial charge < -0.3 is 9.57 Å². The highest BCUT2D eigenvalue weighted by Crippen LogP contribution is 2.34. The number of carbonyl (C=O) groups is 1. The highest BCUT2D eigenvalue weighted by molar-refractivity contribution is 6.29. The van der Waals surface area contributed by atoms with Gasteiger partial charge in [0.15, 0.2) is 5.82 Å². The number of nitrogens with one attached hydrogen (secondary N) is 1. The molecule has 8 heteroatoms. The van der Waals surface area contributed by atoms with Crippen LogP contribution in [0, 0.1) is 5.92 Å². The van der Waals surface area contributed by atoms with Crippen molar-refractivity contribution in [2.45, 2.75) is 64.4 Å². The minimum absolute atomic E-state index is 0.0326. The van der Waals surface area contributed by atoms with Crippen LogP contribution in [0.15, 0.2) is 24.4 Å². The van der Waals surface area contributed by atoms with Gasteiger partial charge in [0.05, 0.1) is 18.6 Å². The second-order valence-electron chi connectivity index (χ2n) is 6.72. The molecule has 1 fully saturated rings. The number of esters is 1. The molecule has 0 aromatic carbocycles. The number of nitrogens with zero attached hydrogens (tertiary/aromatic N) is 3. The largest absolute Gasteiger partial charge is 0.462 e. The van der Waals surface area contributed by atoms with Crippen molar-refractivity contribution in [1.29, 1.82) is 0 Å². The SMILES string of the molecule is CCCCCC(=O)OC1CCC(C2=CN(c3cncc(Cl)n3)NO2)CC1. The van der Waals surface area contributed by atoms with Crippen LogP contribution in [-0.4, -0.2) is 22.0 Å². The number of halogens is 1. The molecule has 0 atom stereocenters. The van der Waals surface area contributed by atoms with E-state index in [2.05, 4.69) is 22.5 Å². The lowest BCUT2D eigenvalue weighted by Gasteiger charge is -2.27. The monoisotopic (exact) mass is 380 g/mol. The van der Waals surface area contributed by atoms with Gasteiger partial charge >= 0.3 is 5.97 Å². The number of aromatic nitrogens is 2. The van der Waals surface area contributed by atoms with Crippen LogP contribution in [-0.2, 0) is 14.4 Å². The molecule has 0 saturated heterocycles. The average molecular weight is 381 g/mol. The quantitative estimate of drug-likeness (QED) is 0.567. The Morgan fingerprint density at radius 3 is 2.88 bits per heavy atom. The summed E-state index contributed by atoms with van der Waals surface area (Å²) in [6.45, 7) is 2.13. The Labute approximate surface area is 158 Å². The van der Waals surface area contributed by atoms with E-state index >= 15 is 0 Å². The van der Waals surface area contributed by atoms with Crippen LogP contribution in [0.3, 0.4) is 0 Å². The number of allylic oxidation sites excluding steroid dienone is 1. The fourth-order valence-electron chi connectivity index (χ4n) is 3.26. The Balaban J connectivity index is 1.46. The van der Waals surface area contributed by atoms with Crippen LogP contribution in [0.5, 0.6) is 0 Å². The smallest absolute Gasteiger partial charge is 0.306 e. The van der Waals surface area contributed by atoms with E-state index in [4.69, 9.17) is 21.2 Å². The molecule has 0 amide bonds. The number of rotatable bonds is 7. The summed E-state index contributed by atoms with van der Waals surface area (Å²) < 4.78 is 5.59. The lowest BCUT2D eigenvalue weighted by Crippen LogP contribution is -2.28. The molecule has 1 aromatic rings. The van der Waals surface area contributed by atoms with E-state index in [-0.39, 0.29) is 12.1 Å². The molecule has 1 saturated carbocycles. The van der Waals surface area contributed by atoms with E-state index in [0.717, 1.165) is 50.7 Å². The maximum Gasteiger partial charge on any atom is 0.306 e. The molecule has 7 nitrogen and oxygen atoms in total. The fourth-order valence-corrected chi connectivity index (χ4v) is 3.40. The predicted molar refractivity (Wildman–Crippen MR) is 97.8 cm³/mol. The van der Waals surface area contributed by atoms with E-state index in [1.807, 2.05) is 6.20 Å². The topological polar surface area (TPSA) is 76.6 Å². The van der Waals surface area contributed by atoms with Gasteiger partial charge in [0.1, 0.15) is 17.0 Å². The lowest BCUT2D eigenvalue weighted by molar-refractivity contribution is -0.151. The normalized spacial score (nSPS) is 22.7. The van der Waals surface area contributed by atoms with Crippen LogP contribution >= 0.6 is 11.6 Å². The zero-order valence-electron chi connectivity index (χ0n) is 15.0. The van der Waals surface area contributed by atoms with Crippen molar-refractivity contribution in [3.05, 3.63) is 29.5 Å². The van der Waals surface area contributed by atoms with Crippen molar-refractivity contribution in [3.63, 3.8) is 0 Å². The fraction of sp³-hybridized carbons (Fsp3) is 0.611. The Hall–Kier alpha value is -1.86. The number of anilines is 1. The van der Waals surface area contributed by atoms with Gasteiger partial charge in [0, 0.05) is 12.3 Å². The second-order valence-corrected chi connectivity index (χ2v) is 7.10. The maximum atomic E-state index is 11.9. The van der Waals surface area contributed by atoms with Gasteiger partial charge in [-0.05, 0) is 32.1 Å². The first-order chi connectivity index (χ1) is 12.7. The van der Waals surface area contributed by atoms with Crippen LogP contribution < -0.4 is 10.6 Å². The van der Waals surface area contributed by atoms with Gasteiger partial charge in [-0.1, -0.05) is 37.0 Å². The van der Waals surface area contributed by atoms with Gasteiger partial charge in [-0.2, -0.15) is 0 Å². The minimum Gasteiger partial charge on any atom is -0.462 e. The molecule has 2 aliphatic rings. The van der Waals surface area contributed by atoms with Gasteiger partial charge in [0.2, 0.25) is 0 Å². The third-order valence-corrected chi connectivity index (χ3v) is 4.90. The summed E-state index contributed by atoms with van der Waals surface area (Å²) in [5.74, 6) is 1.67. The van der Waals surface area contributed by atoms with E-state index < -0.39 is 0 Å². The second kappa shape index (κ2) is 9.19. The van der Waals surface area contributed by atoms with Crippen LogP contribution in [0.1, 0.15) is 58.3 Å². The first-order valence-electron chi connectivity index (χ1n) is 9.26. The molecule has 0 radical (unpaired) electrons. The first-order valence-corrected chi connectivity index (χ1v) is 9.64. The van der Waals surface area contributed by atoms with Gasteiger partial charge in [0.25, 0.3) is 0 Å². The van der Waals surface area contributed by atoms with Gasteiger partial charge in [-0.25, -0.2) is 9.99 Å². The molecule has 3 rings (SSSR count).